The van der Waals surface area contributed by atoms with Crippen LogP contribution in [0.25, 0.3) is 5.69 Å². The van der Waals surface area contributed by atoms with Crippen LogP contribution in [-0.2, 0) is 24.8 Å². The number of aryl methyl sites for hydroxylation is 1. The molecule has 2 aromatic heterocycles. The van der Waals surface area contributed by atoms with Gasteiger partial charge in [-0.05, 0) is 26.0 Å². The Labute approximate surface area is 157 Å². The van der Waals surface area contributed by atoms with Crippen LogP contribution in [0.2, 0.25) is 0 Å². The van der Waals surface area contributed by atoms with E-state index in [-0.39, 0.29) is 24.7 Å². The first-order valence-corrected chi connectivity index (χ1v) is 8.98. The molecule has 0 saturated heterocycles. The summed E-state index contributed by atoms with van der Waals surface area (Å²) >= 11 is 0. The molecule has 1 aliphatic rings. The molecule has 1 N–H and O–H groups in total. The number of nitrogens with zero attached hydrogens (tertiary/aromatic N) is 5. The van der Waals surface area contributed by atoms with Crippen LogP contribution in [-0.4, -0.2) is 36.6 Å². The van der Waals surface area contributed by atoms with E-state index in [4.69, 9.17) is 4.74 Å². The average molecular weight is 366 g/mol. The van der Waals surface area contributed by atoms with Gasteiger partial charge in [-0.15, -0.1) is 0 Å². The number of amides is 1. The Kier molecular flexibility index (Phi) is 4.49. The molecule has 3 heterocycles. The van der Waals surface area contributed by atoms with Crippen molar-refractivity contribution < 1.29 is 9.53 Å². The first kappa shape index (κ1) is 17.4. The minimum Gasteiger partial charge on any atom is -0.369 e. The van der Waals surface area contributed by atoms with E-state index in [9.17, 15) is 4.79 Å². The van der Waals surface area contributed by atoms with Gasteiger partial charge in [0.2, 0.25) is 0 Å². The number of para-hydroxylation sites is 1. The molecule has 0 saturated carbocycles. The molecule has 0 aliphatic carbocycles. The standard InChI is InChI=1S/C19H22N6O2/c1-12-9-15-17(13(2)27-12)23-24(3)18(15)19(26)20-10-16-21-11-22-25(16)14-7-5-4-6-8-14/h4-8,11-13H,9-10H2,1-3H3,(H,20,26)/t12-,13+/m1/s1. The molecule has 1 aliphatic heterocycles. The number of benzene rings is 1. The molecule has 1 amide bonds. The third-order valence-corrected chi connectivity index (χ3v) is 4.73. The van der Waals surface area contributed by atoms with Crippen molar-refractivity contribution in [3.8, 4) is 5.69 Å². The molecule has 0 unspecified atom stereocenters. The molecule has 4 rings (SSSR count). The Balaban J connectivity index is 1.55. The summed E-state index contributed by atoms with van der Waals surface area (Å²) in [5.41, 5.74) is 3.29. The van der Waals surface area contributed by atoms with Crippen molar-refractivity contribution >= 4 is 5.91 Å². The minimum atomic E-state index is -0.171. The van der Waals surface area contributed by atoms with E-state index < -0.39 is 0 Å². The van der Waals surface area contributed by atoms with Gasteiger partial charge < -0.3 is 10.1 Å². The normalized spacial score (nSPS) is 18.9. The van der Waals surface area contributed by atoms with Gasteiger partial charge in [-0.25, -0.2) is 9.67 Å². The van der Waals surface area contributed by atoms with E-state index in [2.05, 4.69) is 20.5 Å². The van der Waals surface area contributed by atoms with Gasteiger partial charge in [-0.2, -0.15) is 10.2 Å². The zero-order valence-corrected chi connectivity index (χ0v) is 15.6. The van der Waals surface area contributed by atoms with E-state index in [0.29, 0.717) is 17.9 Å². The van der Waals surface area contributed by atoms with Crippen molar-refractivity contribution in [3.63, 3.8) is 0 Å². The van der Waals surface area contributed by atoms with Gasteiger partial charge in [0.1, 0.15) is 12.0 Å². The summed E-state index contributed by atoms with van der Waals surface area (Å²) in [5.74, 6) is 0.491. The summed E-state index contributed by atoms with van der Waals surface area (Å²) in [6, 6.07) is 9.71. The summed E-state index contributed by atoms with van der Waals surface area (Å²) in [6.07, 6.45) is 2.11. The summed E-state index contributed by atoms with van der Waals surface area (Å²) in [6.45, 7) is 4.25. The molecule has 1 aromatic carbocycles. The fourth-order valence-corrected chi connectivity index (χ4v) is 3.56. The monoisotopic (exact) mass is 366 g/mol. The highest BCUT2D eigenvalue weighted by atomic mass is 16.5. The smallest absolute Gasteiger partial charge is 0.270 e. The van der Waals surface area contributed by atoms with E-state index >= 15 is 0 Å². The van der Waals surface area contributed by atoms with Crippen LogP contribution in [0.1, 0.15) is 47.5 Å². The molecule has 8 nitrogen and oxygen atoms in total. The summed E-state index contributed by atoms with van der Waals surface area (Å²) in [5, 5.41) is 11.7. The highest BCUT2D eigenvalue weighted by Gasteiger charge is 2.31. The van der Waals surface area contributed by atoms with Crippen molar-refractivity contribution in [1.82, 2.24) is 29.9 Å². The summed E-state index contributed by atoms with van der Waals surface area (Å²) in [4.78, 5) is 17.2. The molecule has 140 valence electrons. The first-order valence-electron chi connectivity index (χ1n) is 8.98. The lowest BCUT2D eigenvalue weighted by molar-refractivity contribution is -0.00710. The zero-order valence-electron chi connectivity index (χ0n) is 15.6. The van der Waals surface area contributed by atoms with Crippen LogP contribution < -0.4 is 5.32 Å². The molecule has 0 bridgehead atoms. The lowest BCUT2D eigenvalue weighted by Crippen LogP contribution is -2.29. The van der Waals surface area contributed by atoms with E-state index in [1.165, 1.54) is 6.33 Å². The van der Waals surface area contributed by atoms with Gasteiger partial charge in [-0.1, -0.05) is 18.2 Å². The summed E-state index contributed by atoms with van der Waals surface area (Å²) in [7, 11) is 1.79. The number of fused-ring (bicyclic) bond motifs is 1. The lowest BCUT2D eigenvalue weighted by Gasteiger charge is -2.24. The Hall–Kier alpha value is -3.00. The molecular weight excluding hydrogens is 344 g/mol. The Morgan fingerprint density at radius 3 is 2.85 bits per heavy atom. The van der Waals surface area contributed by atoms with Crippen LogP contribution in [0.5, 0.6) is 0 Å². The van der Waals surface area contributed by atoms with Crippen LogP contribution >= 0.6 is 0 Å². The molecule has 8 heteroatoms. The Bertz CT molecular complexity index is 962. The van der Waals surface area contributed by atoms with Gasteiger partial charge in [0.15, 0.2) is 5.82 Å². The highest BCUT2D eigenvalue weighted by Crippen LogP contribution is 2.31. The van der Waals surface area contributed by atoms with Crippen molar-refractivity contribution in [1.29, 1.82) is 0 Å². The van der Waals surface area contributed by atoms with E-state index in [1.807, 2.05) is 44.2 Å². The molecule has 3 aromatic rings. The van der Waals surface area contributed by atoms with Gasteiger partial charge >= 0.3 is 0 Å². The fourth-order valence-electron chi connectivity index (χ4n) is 3.56. The van der Waals surface area contributed by atoms with Crippen molar-refractivity contribution in [2.45, 2.75) is 39.0 Å². The second-order valence-corrected chi connectivity index (χ2v) is 6.74. The van der Waals surface area contributed by atoms with Crippen LogP contribution in [0.4, 0.5) is 0 Å². The van der Waals surface area contributed by atoms with Gasteiger partial charge in [0.05, 0.1) is 30.1 Å². The number of ether oxygens (including phenoxy) is 1. The number of aromatic nitrogens is 5. The number of nitrogens with one attached hydrogen (secondary N) is 1. The quantitative estimate of drug-likeness (QED) is 0.763. The van der Waals surface area contributed by atoms with Gasteiger partial charge in [-0.3, -0.25) is 9.48 Å². The zero-order chi connectivity index (χ0) is 19.0. The van der Waals surface area contributed by atoms with E-state index in [1.54, 1.807) is 16.4 Å². The molecule has 0 spiro atoms. The third-order valence-electron chi connectivity index (χ3n) is 4.73. The van der Waals surface area contributed by atoms with Crippen LogP contribution in [0, 0.1) is 0 Å². The molecule has 27 heavy (non-hydrogen) atoms. The van der Waals surface area contributed by atoms with E-state index in [0.717, 1.165) is 16.9 Å². The van der Waals surface area contributed by atoms with Crippen molar-refractivity contribution in [2.75, 3.05) is 0 Å². The Morgan fingerprint density at radius 1 is 1.30 bits per heavy atom. The molecule has 0 radical (unpaired) electrons. The number of rotatable bonds is 4. The topological polar surface area (TPSA) is 86.9 Å². The minimum absolute atomic E-state index is 0.0597. The predicted molar refractivity (Wildman–Crippen MR) is 98.4 cm³/mol. The first-order chi connectivity index (χ1) is 13.0. The Morgan fingerprint density at radius 2 is 2.07 bits per heavy atom. The highest BCUT2D eigenvalue weighted by molar-refractivity contribution is 5.94. The SMILES string of the molecule is C[C@@H]1Cc2c(nn(C)c2C(=O)NCc2ncnn2-c2ccccc2)[C@H](C)O1. The largest absolute Gasteiger partial charge is 0.369 e. The molecule has 0 fully saturated rings. The van der Waals surface area contributed by atoms with Crippen LogP contribution in [0.15, 0.2) is 36.7 Å². The van der Waals surface area contributed by atoms with Crippen molar-refractivity contribution in [2.24, 2.45) is 7.05 Å². The number of carbonyl (C=O) groups excluding carboxylic acids is 1. The lowest BCUT2D eigenvalue weighted by atomic mass is 9.99. The summed E-state index contributed by atoms with van der Waals surface area (Å²) < 4.78 is 9.17. The number of hydrogen-bond acceptors (Lipinski definition) is 5. The second kappa shape index (κ2) is 6.96. The molecule has 2 atom stereocenters. The predicted octanol–water partition coefficient (Wildman–Crippen LogP) is 1.95. The average Bonchev–Trinajstić information content (AvgIpc) is 3.24. The number of carbonyl (C=O) groups is 1. The maximum Gasteiger partial charge on any atom is 0.270 e. The van der Waals surface area contributed by atoms with Crippen molar-refractivity contribution in [3.05, 3.63) is 59.4 Å². The maximum atomic E-state index is 12.9. The van der Waals surface area contributed by atoms with Crippen LogP contribution in [0.3, 0.4) is 0 Å². The molecular formula is C19H22N6O2. The van der Waals surface area contributed by atoms with Gasteiger partial charge in [0, 0.05) is 19.0 Å². The maximum absolute atomic E-state index is 12.9. The number of hydrogen-bond donors (Lipinski definition) is 1. The fraction of sp³-hybridized carbons (Fsp3) is 0.368. The van der Waals surface area contributed by atoms with Gasteiger partial charge in [0.25, 0.3) is 5.91 Å². The third kappa shape index (κ3) is 3.23. The second-order valence-electron chi connectivity index (χ2n) is 6.74.